The molecular formula is C18H19N3O2. The van der Waals surface area contributed by atoms with Crippen LogP contribution in [0.15, 0.2) is 48.9 Å². The fraction of sp³-hybridized carbons (Fsp3) is 0.222. The van der Waals surface area contributed by atoms with Crippen molar-refractivity contribution in [2.45, 2.75) is 12.3 Å². The Morgan fingerprint density at radius 1 is 1.30 bits per heavy atom. The zero-order valence-electron chi connectivity index (χ0n) is 13.2. The quantitative estimate of drug-likeness (QED) is 0.761. The van der Waals surface area contributed by atoms with Gasteiger partial charge in [0.25, 0.3) is 0 Å². The number of methoxy groups -OCH3 is 1. The molecule has 1 amide bonds. The van der Waals surface area contributed by atoms with Crippen molar-refractivity contribution >= 4 is 16.8 Å². The largest absolute Gasteiger partial charge is 0.496 e. The smallest absolute Gasteiger partial charge is 0.220 e. The number of ether oxygens (including phenoxy) is 1. The summed E-state index contributed by atoms with van der Waals surface area (Å²) in [6, 6.07) is 9.78. The van der Waals surface area contributed by atoms with Crippen molar-refractivity contribution < 1.29 is 9.53 Å². The molecule has 5 nitrogen and oxygen atoms in total. The molecule has 3 rings (SSSR count). The number of aromatic nitrogens is 2. The third kappa shape index (κ3) is 2.90. The Hall–Kier alpha value is -2.82. The second-order valence-electron chi connectivity index (χ2n) is 5.34. The highest BCUT2D eigenvalue weighted by molar-refractivity contribution is 5.91. The molecule has 1 unspecified atom stereocenters. The molecule has 0 radical (unpaired) electrons. The lowest BCUT2D eigenvalue weighted by Gasteiger charge is -2.17. The van der Waals surface area contributed by atoms with Crippen LogP contribution >= 0.6 is 0 Å². The Morgan fingerprint density at radius 3 is 2.78 bits per heavy atom. The second kappa shape index (κ2) is 6.52. The minimum Gasteiger partial charge on any atom is -0.496 e. The first-order chi connectivity index (χ1) is 11.2. The van der Waals surface area contributed by atoms with Crippen LogP contribution in [0.25, 0.3) is 10.9 Å². The van der Waals surface area contributed by atoms with E-state index < -0.39 is 0 Å². The molecule has 0 saturated carbocycles. The number of pyridine rings is 1. The van der Waals surface area contributed by atoms with E-state index in [1.807, 2.05) is 36.5 Å². The highest BCUT2D eigenvalue weighted by Gasteiger charge is 2.22. The standard InChI is InChI=1S/C18H19N3O2/c1-19-17(22)10-13(12-6-8-20-9-7-12)14-11-21-15-4-3-5-16(23-2)18(14)15/h3-9,11,13,21H,10H2,1-2H3,(H,19,22). The minimum atomic E-state index is -0.0667. The molecule has 2 heterocycles. The summed E-state index contributed by atoms with van der Waals surface area (Å²) >= 11 is 0. The summed E-state index contributed by atoms with van der Waals surface area (Å²) in [5, 5.41) is 3.72. The lowest BCUT2D eigenvalue weighted by Crippen LogP contribution is -2.21. The zero-order valence-corrected chi connectivity index (χ0v) is 13.2. The van der Waals surface area contributed by atoms with Crippen molar-refractivity contribution in [3.05, 3.63) is 60.0 Å². The van der Waals surface area contributed by atoms with Crippen LogP contribution in [-0.4, -0.2) is 30.0 Å². The molecule has 0 fully saturated rings. The van der Waals surface area contributed by atoms with E-state index in [0.717, 1.165) is 27.8 Å². The molecule has 2 N–H and O–H groups in total. The van der Waals surface area contributed by atoms with Gasteiger partial charge in [-0.1, -0.05) is 6.07 Å². The number of aromatic amines is 1. The van der Waals surface area contributed by atoms with Crippen LogP contribution in [0.2, 0.25) is 0 Å². The van der Waals surface area contributed by atoms with Crippen LogP contribution in [0, 0.1) is 0 Å². The molecule has 1 atom stereocenters. The van der Waals surface area contributed by atoms with Gasteiger partial charge in [-0.05, 0) is 35.4 Å². The Labute approximate surface area is 134 Å². The van der Waals surface area contributed by atoms with E-state index in [9.17, 15) is 4.79 Å². The number of hydrogen-bond acceptors (Lipinski definition) is 3. The van der Waals surface area contributed by atoms with Gasteiger partial charge in [-0.25, -0.2) is 0 Å². The number of carbonyl (C=O) groups is 1. The molecule has 3 aromatic rings. The number of fused-ring (bicyclic) bond motifs is 1. The number of benzene rings is 1. The Balaban J connectivity index is 2.15. The summed E-state index contributed by atoms with van der Waals surface area (Å²) in [5.74, 6) is 0.730. The van der Waals surface area contributed by atoms with Gasteiger partial charge in [0.1, 0.15) is 5.75 Å². The third-order valence-corrected chi connectivity index (χ3v) is 4.07. The summed E-state index contributed by atoms with van der Waals surface area (Å²) in [6.07, 6.45) is 5.82. The molecule has 0 aliphatic carbocycles. The van der Waals surface area contributed by atoms with Crippen LogP contribution in [0.4, 0.5) is 0 Å². The van der Waals surface area contributed by atoms with Crippen molar-refractivity contribution in [2.24, 2.45) is 0 Å². The van der Waals surface area contributed by atoms with Gasteiger partial charge in [-0.15, -0.1) is 0 Å². The van der Waals surface area contributed by atoms with E-state index in [2.05, 4.69) is 15.3 Å². The van der Waals surface area contributed by atoms with E-state index in [1.165, 1.54) is 0 Å². The highest BCUT2D eigenvalue weighted by Crippen LogP contribution is 2.37. The van der Waals surface area contributed by atoms with E-state index in [0.29, 0.717) is 6.42 Å². The molecule has 23 heavy (non-hydrogen) atoms. The normalized spacial score (nSPS) is 12.1. The van der Waals surface area contributed by atoms with Gasteiger partial charge in [0, 0.05) is 48.9 Å². The van der Waals surface area contributed by atoms with Crippen molar-refractivity contribution in [1.82, 2.24) is 15.3 Å². The van der Waals surface area contributed by atoms with Crippen LogP contribution in [0.1, 0.15) is 23.5 Å². The average Bonchev–Trinajstić information content (AvgIpc) is 3.04. The minimum absolute atomic E-state index is 0.00365. The number of H-pyrrole nitrogens is 1. The summed E-state index contributed by atoms with van der Waals surface area (Å²) in [6.45, 7) is 0. The van der Waals surface area contributed by atoms with Gasteiger partial charge in [0.15, 0.2) is 0 Å². The maximum absolute atomic E-state index is 12.0. The number of nitrogens with one attached hydrogen (secondary N) is 2. The summed E-state index contributed by atoms with van der Waals surface area (Å²) in [5.41, 5.74) is 3.10. The maximum atomic E-state index is 12.0. The second-order valence-corrected chi connectivity index (χ2v) is 5.34. The average molecular weight is 309 g/mol. The first-order valence-corrected chi connectivity index (χ1v) is 7.49. The lowest BCUT2D eigenvalue weighted by molar-refractivity contribution is -0.120. The van der Waals surface area contributed by atoms with Crippen LogP contribution < -0.4 is 10.1 Å². The number of rotatable bonds is 5. The van der Waals surface area contributed by atoms with E-state index in [-0.39, 0.29) is 11.8 Å². The molecular weight excluding hydrogens is 290 g/mol. The third-order valence-electron chi connectivity index (χ3n) is 4.07. The van der Waals surface area contributed by atoms with Gasteiger partial charge >= 0.3 is 0 Å². The molecule has 0 aliphatic rings. The number of hydrogen-bond donors (Lipinski definition) is 2. The van der Waals surface area contributed by atoms with Gasteiger partial charge in [0.2, 0.25) is 5.91 Å². The van der Waals surface area contributed by atoms with Crippen LogP contribution in [0.5, 0.6) is 5.75 Å². The van der Waals surface area contributed by atoms with E-state index in [4.69, 9.17) is 4.74 Å². The molecule has 5 heteroatoms. The highest BCUT2D eigenvalue weighted by atomic mass is 16.5. The molecule has 0 bridgehead atoms. The predicted molar refractivity (Wildman–Crippen MR) is 89.6 cm³/mol. The molecule has 118 valence electrons. The van der Waals surface area contributed by atoms with E-state index >= 15 is 0 Å². The van der Waals surface area contributed by atoms with Gasteiger partial charge in [-0.2, -0.15) is 0 Å². The van der Waals surface area contributed by atoms with Crippen molar-refractivity contribution in [1.29, 1.82) is 0 Å². The van der Waals surface area contributed by atoms with Crippen molar-refractivity contribution in [3.8, 4) is 5.75 Å². The number of nitrogens with zero attached hydrogens (tertiary/aromatic N) is 1. The first-order valence-electron chi connectivity index (χ1n) is 7.49. The van der Waals surface area contributed by atoms with Crippen LogP contribution in [0.3, 0.4) is 0 Å². The maximum Gasteiger partial charge on any atom is 0.220 e. The summed E-state index contributed by atoms with van der Waals surface area (Å²) in [7, 11) is 3.31. The first kappa shape index (κ1) is 15.1. The molecule has 0 aliphatic heterocycles. The van der Waals surface area contributed by atoms with Crippen LogP contribution in [-0.2, 0) is 4.79 Å². The fourth-order valence-corrected chi connectivity index (χ4v) is 2.91. The zero-order chi connectivity index (χ0) is 16.2. The molecule has 1 aromatic carbocycles. The van der Waals surface area contributed by atoms with Gasteiger partial charge < -0.3 is 15.0 Å². The van der Waals surface area contributed by atoms with Crippen molar-refractivity contribution in [2.75, 3.05) is 14.2 Å². The van der Waals surface area contributed by atoms with Crippen molar-refractivity contribution in [3.63, 3.8) is 0 Å². The van der Waals surface area contributed by atoms with E-state index in [1.54, 1.807) is 26.6 Å². The Kier molecular flexibility index (Phi) is 4.28. The van der Waals surface area contributed by atoms with Gasteiger partial charge in [-0.3, -0.25) is 9.78 Å². The molecule has 2 aromatic heterocycles. The molecule has 0 saturated heterocycles. The SMILES string of the molecule is CNC(=O)CC(c1ccncc1)c1c[nH]c2cccc(OC)c12. The monoisotopic (exact) mass is 309 g/mol. The topological polar surface area (TPSA) is 67.0 Å². The number of amides is 1. The Morgan fingerprint density at radius 2 is 2.09 bits per heavy atom. The Bertz CT molecular complexity index is 812. The lowest BCUT2D eigenvalue weighted by atomic mass is 9.88. The van der Waals surface area contributed by atoms with Gasteiger partial charge in [0.05, 0.1) is 7.11 Å². The molecule has 0 spiro atoms. The number of carbonyl (C=O) groups excluding carboxylic acids is 1. The summed E-state index contributed by atoms with van der Waals surface area (Å²) in [4.78, 5) is 19.4. The summed E-state index contributed by atoms with van der Waals surface area (Å²) < 4.78 is 5.51. The predicted octanol–water partition coefficient (Wildman–Crippen LogP) is 2.84. The fourth-order valence-electron chi connectivity index (χ4n) is 2.91.